The van der Waals surface area contributed by atoms with Crippen molar-refractivity contribution in [1.29, 1.82) is 0 Å². The molecule has 0 saturated heterocycles. The molecule has 1 aliphatic heterocycles. The number of nitrogens with two attached hydrogens (primary N) is 1. The van der Waals surface area contributed by atoms with Gasteiger partial charge in [0.1, 0.15) is 0 Å². The van der Waals surface area contributed by atoms with Crippen LogP contribution < -0.4 is 11.1 Å². The van der Waals surface area contributed by atoms with Crippen molar-refractivity contribution in [2.45, 2.75) is 39.9 Å². The summed E-state index contributed by atoms with van der Waals surface area (Å²) in [6.07, 6.45) is -0.852. The van der Waals surface area contributed by atoms with Gasteiger partial charge in [-0.25, -0.2) is 31.5 Å². The highest BCUT2D eigenvalue weighted by Crippen LogP contribution is 2.43. The Kier molecular flexibility index (Phi) is 10.4. The standard InChI is InChI=1S/C23H27F5N2O6/c1-5-33-22(31)13-10(3)30-12(9-36-11(4)35-8-7-29)14(23(32)34-6-2)15(13)16-17(24)19(26)21(28)20(27)18(16)25/h11,15,30H,5-9,29H2,1-4H3. The van der Waals surface area contributed by atoms with Crippen LogP contribution in [0.3, 0.4) is 0 Å². The fourth-order valence-electron chi connectivity index (χ4n) is 3.59. The minimum atomic E-state index is -2.39. The minimum absolute atomic E-state index is 0.0652. The maximum absolute atomic E-state index is 15.0. The van der Waals surface area contributed by atoms with E-state index in [1.165, 1.54) is 27.7 Å². The zero-order chi connectivity index (χ0) is 27.2. The van der Waals surface area contributed by atoms with Gasteiger partial charge in [0.25, 0.3) is 0 Å². The smallest absolute Gasteiger partial charge is 0.336 e. The molecule has 0 saturated carbocycles. The quantitative estimate of drug-likeness (QED) is 0.150. The van der Waals surface area contributed by atoms with E-state index in [0.29, 0.717) is 0 Å². The van der Waals surface area contributed by atoms with Crippen LogP contribution in [0.25, 0.3) is 0 Å². The van der Waals surface area contributed by atoms with Crippen molar-refractivity contribution in [3.05, 3.63) is 57.2 Å². The molecule has 8 nitrogen and oxygen atoms in total. The Bertz CT molecular complexity index is 1050. The third kappa shape index (κ3) is 6.02. The number of hydrogen-bond donors (Lipinski definition) is 2. The molecule has 1 heterocycles. The summed E-state index contributed by atoms with van der Waals surface area (Å²) in [6.45, 7) is 5.21. The molecule has 2 rings (SSSR count). The monoisotopic (exact) mass is 522 g/mol. The van der Waals surface area contributed by atoms with Crippen LogP contribution >= 0.6 is 0 Å². The van der Waals surface area contributed by atoms with Gasteiger partial charge in [-0.2, -0.15) is 0 Å². The molecule has 0 bridgehead atoms. The molecule has 0 aromatic heterocycles. The molecule has 0 aliphatic carbocycles. The van der Waals surface area contributed by atoms with Crippen LogP contribution in [-0.2, 0) is 28.5 Å². The van der Waals surface area contributed by atoms with Crippen molar-refractivity contribution in [2.24, 2.45) is 5.73 Å². The number of hydrogen-bond acceptors (Lipinski definition) is 8. The Labute approximate surface area is 204 Å². The molecule has 0 spiro atoms. The number of halogens is 5. The van der Waals surface area contributed by atoms with Gasteiger partial charge in [0.05, 0.1) is 49.2 Å². The lowest BCUT2D eigenvalue weighted by Crippen LogP contribution is -2.36. The van der Waals surface area contributed by atoms with Gasteiger partial charge in [0, 0.05) is 17.8 Å². The molecule has 200 valence electrons. The molecule has 0 amide bonds. The summed E-state index contributed by atoms with van der Waals surface area (Å²) in [7, 11) is 0. The fourth-order valence-corrected chi connectivity index (χ4v) is 3.59. The van der Waals surface area contributed by atoms with Crippen LogP contribution in [-0.4, -0.2) is 51.2 Å². The Morgan fingerprint density at radius 2 is 1.39 bits per heavy atom. The lowest BCUT2D eigenvalue weighted by molar-refractivity contribution is -0.140. The maximum atomic E-state index is 15.0. The molecule has 36 heavy (non-hydrogen) atoms. The van der Waals surface area contributed by atoms with Gasteiger partial charge in [0.2, 0.25) is 5.82 Å². The van der Waals surface area contributed by atoms with Crippen molar-refractivity contribution in [3.8, 4) is 0 Å². The van der Waals surface area contributed by atoms with E-state index in [4.69, 9.17) is 24.7 Å². The van der Waals surface area contributed by atoms with E-state index < -0.39 is 76.5 Å². The number of esters is 2. The van der Waals surface area contributed by atoms with Gasteiger partial charge in [-0.15, -0.1) is 0 Å². The van der Waals surface area contributed by atoms with Crippen molar-refractivity contribution >= 4 is 11.9 Å². The van der Waals surface area contributed by atoms with Crippen molar-refractivity contribution in [3.63, 3.8) is 0 Å². The molecular formula is C23H27F5N2O6. The number of carbonyl (C=O) groups excluding carboxylic acids is 2. The molecule has 1 aromatic carbocycles. The van der Waals surface area contributed by atoms with Crippen LogP contribution in [0.5, 0.6) is 0 Å². The van der Waals surface area contributed by atoms with E-state index in [2.05, 4.69) is 5.32 Å². The predicted molar refractivity (Wildman–Crippen MR) is 116 cm³/mol. The lowest BCUT2D eigenvalue weighted by atomic mass is 9.79. The van der Waals surface area contributed by atoms with Gasteiger partial charge in [-0.1, -0.05) is 0 Å². The third-order valence-corrected chi connectivity index (χ3v) is 5.10. The van der Waals surface area contributed by atoms with Gasteiger partial charge >= 0.3 is 11.9 Å². The summed E-state index contributed by atoms with van der Waals surface area (Å²) in [5.41, 5.74) is 2.61. The first-order valence-electron chi connectivity index (χ1n) is 11.0. The van der Waals surface area contributed by atoms with Crippen molar-refractivity contribution in [1.82, 2.24) is 5.32 Å². The summed E-state index contributed by atoms with van der Waals surface area (Å²) < 4.78 is 92.9. The second kappa shape index (κ2) is 12.8. The zero-order valence-corrected chi connectivity index (χ0v) is 20.1. The SMILES string of the molecule is CCOC(=O)C1=C(C)NC(COC(C)OCCN)=C(C(=O)OCC)C1c1c(F)c(F)c(F)c(F)c1F. The average Bonchev–Trinajstić information content (AvgIpc) is 2.83. The molecule has 1 aromatic rings. The average molecular weight is 522 g/mol. The van der Waals surface area contributed by atoms with E-state index in [1.807, 2.05) is 0 Å². The molecular weight excluding hydrogens is 495 g/mol. The van der Waals surface area contributed by atoms with Gasteiger partial charge in [-0.3, -0.25) is 0 Å². The summed E-state index contributed by atoms with van der Waals surface area (Å²) in [6, 6.07) is 0. The highest BCUT2D eigenvalue weighted by atomic mass is 19.2. The van der Waals surface area contributed by atoms with Crippen LogP contribution in [0.2, 0.25) is 0 Å². The first-order valence-corrected chi connectivity index (χ1v) is 11.0. The van der Waals surface area contributed by atoms with Gasteiger partial charge < -0.3 is 30.0 Å². The summed E-state index contributed by atoms with van der Waals surface area (Å²) in [4.78, 5) is 25.8. The highest BCUT2D eigenvalue weighted by Gasteiger charge is 2.44. The number of ether oxygens (including phenoxy) is 4. The molecule has 3 N–H and O–H groups in total. The second-order valence-electron chi connectivity index (χ2n) is 7.45. The molecule has 2 unspecified atom stereocenters. The van der Waals surface area contributed by atoms with E-state index >= 15 is 0 Å². The number of nitrogens with one attached hydrogen (secondary N) is 1. The Balaban J connectivity index is 2.82. The van der Waals surface area contributed by atoms with E-state index in [-0.39, 0.29) is 37.8 Å². The largest absolute Gasteiger partial charge is 0.463 e. The topological polar surface area (TPSA) is 109 Å². The van der Waals surface area contributed by atoms with Crippen LogP contribution in [0.4, 0.5) is 22.0 Å². The van der Waals surface area contributed by atoms with E-state index in [1.54, 1.807) is 0 Å². The zero-order valence-electron chi connectivity index (χ0n) is 20.1. The Morgan fingerprint density at radius 3 is 1.89 bits per heavy atom. The molecule has 0 fully saturated rings. The molecule has 1 aliphatic rings. The number of carbonyl (C=O) groups is 2. The lowest BCUT2D eigenvalue weighted by Gasteiger charge is -2.32. The van der Waals surface area contributed by atoms with Gasteiger partial charge in [-0.05, 0) is 27.7 Å². The number of dihydropyridines is 1. The molecule has 0 radical (unpaired) electrons. The molecule has 2 atom stereocenters. The first-order chi connectivity index (χ1) is 17.0. The second-order valence-corrected chi connectivity index (χ2v) is 7.45. The van der Waals surface area contributed by atoms with Gasteiger partial charge in [0.15, 0.2) is 29.6 Å². The normalized spacial score (nSPS) is 16.7. The van der Waals surface area contributed by atoms with Crippen LogP contribution in [0, 0.1) is 29.1 Å². The number of allylic oxidation sites excluding steroid dienone is 1. The summed E-state index contributed by atoms with van der Waals surface area (Å²) in [5, 5.41) is 2.73. The number of rotatable bonds is 11. The fraction of sp³-hybridized carbons (Fsp3) is 0.478. The van der Waals surface area contributed by atoms with Crippen molar-refractivity contribution in [2.75, 3.05) is 33.0 Å². The molecule has 13 heteroatoms. The summed E-state index contributed by atoms with van der Waals surface area (Å²) in [5.74, 6) is -15.7. The van der Waals surface area contributed by atoms with Crippen molar-refractivity contribution < 1.29 is 50.5 Å². The maximum Gasteiger partial charge on any atom is 0.336 e. The van der Waals surface area contributed by atoms with E-state index in [9.17, 15) is 31.5 Å². The Morgan fingerprint density at radius 1 is 0.889 bits per heavy atom. The van der Waals surface area contributed by atoms with Crippen LogP contribution in [0.15, 0.2) is 22.5 Å². The highest BCUT2D eigenvalue weighted by molar-refractivity contribution is 6.00. The Hall–Kier alpha value is -3.03. The van der Waals surface area contributed by atoms with E-state index in [0.717, 1.165) is 0 Å². The van der Waals surface area contributed by atoms with Crippen LogP contribution in [0.1, 0.15) is 39.2 Å². The summed E-state index contributed by atoms with van der Waals surface area (Å²) >= 11 is 0. The minimum Gasteiger partial charge on any atom is -0.463 e. The number of benzene rings is 1. The first kappa shape index (κ1) is 29.2. The predicted octanol–water partition coefficient (Wildman–Crippen LogP) is 3.06. The third-order valence-electron chi connectivity index (χ3n) is 5.10.